The van der Waals surface area contributed by atoms with Crippen molar-refractivity contribution in [2.45, 2.75) is 59.3 Å². The highest BCUT2D eigenvalue weighted by Gasteiger charge is 2.29. The van der Waals surface area contributed by atoms with Gasteiger partial charge in [0.25, 0.3) is 0 Å². The molecule has 0 radical (unpaired) electrons. The predicted octanol–water partition coefficient (Wildman–Crippen LogP) is 4.91. The van der Waals surface area contributed by atoms with Crippen LogP contribution in [0.1, 0.15) is 56.2 Å². The van der Waals surface area contributed by atoms with Crippen molar-refractivity contribution in [1.29, 1.82) is 0 Å². The Labute approximate surface area is 129 Å². The first-order valence-electron chi connectivity index (χ1n) is 8.55. The smallest absolute Gasteiger partial charge is 0.00510 e. The van der Waals surface area contributed by atoms with Crippen LogP contribution in [0.3, 0.4) is 0 Å². The van der Waals surface area contributed by atoms with Gasteiger partial charge in [-0.05, 0) is 68.7 Å². The second-order valence-corrected chi connectivity index (χ2v) is 7.59. The molecule has 1 heterocycles. The van der Waals surface area contributed by atoms with Gasteiger partial charge in [-0.1, -0.05) is 33.6 Å². The molecule has 2 rings (SSSR count). The van der Waals surface area contributed by atoms with E-state index < -0.39 is 0 Å². The van der Waals surface area contributed by atoms with E-state index in [2.05, 4.69) is 38.2 Å². The standard InChI is InChI=1S/C18H31NS/c1-4-14-7-8-15(13-19-6-3)16(11-14)12-18-10-9-17(5-2)20-18/h9-10,14-16,19H,4-8,11-13H2,1-3H3. The highest BCUT2D eigenvalue weighted by atomic mass is 32.1. The van der Waals surface area contributed by atoms with Gasteiger partial charge in [0.2, 0.25) is 0 Å². The van der Waals surface area contributed by atoms with Crippen LogP contribution in [0.15, 0.2) is 12.1 Å². The minimum Gasteiger partial charge on any atom is -0.317 e. The Morgan fingerprint density at radius 2 is 1.90 bits per heavy atom. The van der Waals surface area contributed by atoms with E-state index in [4.69, 9.17) is 0 Å². The summed E-state index contributed by atoms with van der Waals surface area (Å²) in [5.41, 5.74) is 0. The largest absolute Gasteiger partial charge is 0.317 e. The van der Waals surface area contributed by atoms with Crippen LogP contribution in [0.2, 0.25) is 0 Å². The van der Waals surface area contributed by atoms with Crippen molar-refractivity contribution < 1.29 is 0 Å². The lowest BCUT2D eigenvalue weighted by molar-refractivity contribution is 0.172. The summed E-state index contributed by atoms with van der Waals surface area (Å²) in [5.74, 6) is 2.77. The third kappa shape index (κ3) is 4.33. The molecule has 0 aliphatic heterocycles. The molecule has 1 aliphatic rings. The van der Waals surface area contributed by atoms with Crippen molar-refractivity contribution >= 4 is 11.3 Å². The monoisotopic (exact) mass is 293 g/mol. The fourth-order valence-corrected chi connectivity index (χ4v) is 4.67. The maximum atomic E-state index is 3.59. The van der Waals surface area contributed by atoms with Crippen LogP contribution in [0.25, 0.3) is 0 Å². The molecule has 1 N–H and O–H groups in total. The quantitative estimate of drug-likeness (QED) is 0.753. The normalized spacial score (nSPS) is 26.9. The third-order valence-electron chi connectivity index (χ3n) is 5.01. The summed E-state index contributed by atoms with van der Waals surface area (Å²) >= 11 is 2.04. The molecule has 0 spiro atoms. The number of aryl methyl sites for hydroxylation is 1. The summed E-state index contributed by atoms with van der Waals surface area (Å²) in [6.45, 7) is 9.19. The van der Waals surface area contributed by atoms with E-state index in [9.17, 15) is 0 Å². The van der Waals surface area contributed by atoms with Crippen LogP contribution >= 0.6 is 11.3 Å². The van der Waals surface area contributed by atoms with Crippen molar-refractivity contribution in [2.24, 2.45) is 17.8 Å². The van der Waals surface area contributed by atoms with Crippen molar-refractivity contribution in [2.75, 3.05) is 13.1 Å². The molecule has 0 saturated heterocycles. The van der Waals surface area contributed by atoms with Gasteiger partial charge in [0.15, 0.2) is 0 Å². The lowest BCUT2D eigenvalue weighted by atomic mass is 9.71. The van der Waals surface area contributed by atoms with Gasteiger partial charge in [-0.3, -0.25) is 0 Å². The Bertz CT molecular complexity index is 385. The first-order chi connectivity index (χ1) is 9.76. The number of rotatable bonds is 7. The summed E-state index contributed by atoms with van der Waals surface area (Å²) in [5, 5.41) is 3.59. The Balaban J connectivity index is 1.98. The Kier molecular flexibility index (Phi) is 6.57. The van der Waals surface area contributed by atoms with Crippen molar-refractivity contribution in [3.05, 3.63) is 21.9 Å². The maximum absolute atomic E-state index is 3.59. The molecule has 1 saturated carbocycles. The lowest BCUT2D eigenvalue weighted by Gasteiger charge is -2.36. The van der Waals surface area contributed by atoms with E-state index in [1.807, 2.05) is 11.3 Å². The average Bonchev–Trinajstić information content (AvgIpc) is 2.93. The van der Waals surface area contributed by atoms with E-state index in [0.717, 1.165) is 24.3 Å². The van der Waals surface area contributed by atoms with Crippen molar-refractivity contribution in [3.8, 4) is 0 Å². The highest BCUT2D eigenvalue weighted by Crippen LogP contribution is 2.38. The Morgan fingerprint density at radius 1 is 1.10 bits per heavy atom. The van der Waals surface area contributed by atoms with Gasteiger partial charge in [0.1, 0.15) is 0 Å². The van der Waals surface area contributed by atoms with Gasteiger partial charge < -0.3 is 5.32 Å². The predicted molar refractivity (Wildman–Crippen MR) is 90.6 cm³/mol. The average molecular weight is 294 g/mol. The molecule has 1 nitrogen and oxygen atoms in total. The van der Waals surface area contributed by atoms with Crippen LogP contribution in [0.5, 0.6) is 0 Å². The van der Waals surface area contributed by atoms with Crippen LogP contribution in [-0.4, -0.2) is 13.1 Å². The van der Waals surface area contributed by atoms with E-state index in [1.165, 1.54) is 45.1 Å². The summed E-state index contributed by atoms with van der Waals surface area (Å²) in [7, 11) is 0. The minimum atomic E-state index is 0.893. The molecule has 1 aromatic rings. The highest BCUT2D eigenvalue weighted by molar-refractivity contribution is 7.11. The summed E-state index contributed by atoms with van der Waals surface area (Å²) in [6, 6.07) is 4.71. The van der Waals surface area contributed by atoms with E-state index in [0.29, 0.717) is 0 Å². The molecule has 1 fully saturated rings. The number of hydrogen-bond donors (Lipinski definition) is 1. The van der Waals surface area contributed by atoms with E-state index >= 15 is 0 Å². The maximum Gasteiger partial charge on any atom is 0.00510 e. The number of nitrogens with one attached hydrogen (secondary N) is 1. The minimum absolute atomic E-state index is 0.893. The lowest BCUT2D eigenvalue weighted by Crippen LogP contribution is -2.34. The first-order valence-corrected chi connectivity index (χ1v) is 9.36. The fraction of sp³-hybridized carbons (Fsp3) is 0.778. The van der Waals surface area contributed by atoms with Gasteiger partial charge in [-0.15, -0.1) is 11.3 Å². The van der Waals surface area contributed by atoms with Crippen molar-refractivity contribution in [3.63, 3.8) is 0 Å². The second-order valence-electron chi connectivity index (χ2n) is 6.34. The van der Waals surface area contributed by atoms with Gasteiger partial charge in [-0.25, -0.2) is 0 Å². The van der Waals surface area contributed by atoms with E-state index in [1.54, 1.807) is 9.75 Å². The second kappa shape index (κ2) is 8.19. The third-order valence-corrected chi connectivity index (χ3v) is 6.26. The molecule has 3 unspecified atom stereocenters. The summed E-state index contributed by atoms with van der Waals surface area (Å²) < 4.78 is 0. The molecule has 1 aromatic heterocycles. The molecule has 114 valence electrons. The van der Waals surface area contributed by atoms with Gasteiger partial charge in [0.05, 0.1) is 0 Å². The van der Waals surface area contributed by atoms with Gasteiger partial charge >= 0.3 is 0 Å². The Morgan fingerprint density at radius 3 is 2.55 bits per heavy atom. The number of hydrogen-bond acceptors (Lipinski definition) is 2. The fourth-order valence-electron chi connectivity index (χ4n) is 3.62. The van der Waals surface area contributed by atoms with Crippen LogP contribution in [0.4, 0.5) is 0 Å². The molecule has 0 bridgehead atoms. The van der Waals surface area contributed by atoms with Gasteiger partial charge in [-0.2, -0.15) is 0 Å². The molecular weight excluding hydrogens is 262 g/mol. The molecule has 0 amide bonds. The topological polar surface area (TPSA) is 12.0 Å². The SMILES string of the molecule is CCNCC1CCC(CC)CC1Cc1ccc(CC)s1. The molecule has 20 heavy (non-hydrogen) atoms. The first kappa shape index (κ1) is 16.0. The van der Waals surface area contributed by atoms with E-state index in [-0.39, 0.29) is 0 Å². The zero-order chi connectivity index (χ0) is 14.4. The molecule has 0 aromatic carbocycles. The van der Waals surface area contributed by atoms with Crippen LogP contribution < -0.4 is 5.32 Å². The molecular formula is C18H31NS. The van der Waals surface area contributed by atoms with Crippen LogP contribution in [0, 0.1) is 17.8 Å². The number of thiophene rings is 1. The van der Waals surface area contributed by atoms with Gasteiger partial charge in [0, 0.05) is 9.75 Å². The molecule has 3 atom stereocenters. The van der Waals surface area contributed by atoms with Crippen LogP contribution in [-0.2, 0) is 12.8 Å². The zero-order valence-electron chi connectivity index (χ0n) is 13.5. The van der Waals surface area contributed by atoms with Crippen molar-refractivity contribution in [1.82, 2.24) is 5.32 Å². The summed E-state index contributed by atoms with van der Waals surface area (Å²) in [6.07, 6.45) is 8.21. The zero-order valence-corrected chi connectivity index (χ0v) is 14.3. The molecule has 2 heteroatoms. The summed E-state index contributed by atoms with van der Waals surface area (Å²) in [4.78, 5) is 3.16. The Hall–Kier alpha value is -0.340. The molecule has 1 aliphatic carbocycles.